The number of carbonyl (C=O) groups is 1. The lowest BCUT2D eigenvalue weighted by atomic mass is 10.1. The van der Waals surface area contributed by atoms with Gasteiger partial charge in [0.1, 0.15) is 18.1 Å². The van der Waals surface area contributed by atoms with Gasteiger partial charge in [-0.15, -0.1) is 0 Å². The molecule has 2 rings (SSSR count). The Morgan fingerprint density at radius 1 is 1.00 bits per heavy atom. The molecular weight excluding hydrogens is 288 g/mol. The number of carbonyl (C=O) groups excluding carboxylic acids is 1. The van der Waals surface area contributed by atoms with E-state index in [-0.39, 0.29) is 5.97 Å². The van der Waals surface area contributed by atoms with E-state index in [1.54, 1.807) is 6.92 Å². The predicted molar refractivity (Wildman–Crippen MR) is 92.0 cm³/mol. The average molecular weight is 312 g/mol. The molecule has 0 saturated heterocycles. The van der Waals surface area contributed by atoms with Crippen LogP contribution in [0.2, 0.25) is 0 Å². The molecule has 3 heteroatoms. The molecule has 0 atom stereocenters. The summed E-state index contributed by atoms with van der Waals surface area (Å²) in [4.78, 5) is 11.6. The minimum Gasteiger partial charge on any atom is -0.488 e. The van der Waals surface area contributed by atoms with Crippen LogP contribution in [0.25, 0.3) is 0 Å². The lowest BCUT2D eigenvalue weighted by molar-refractivity contribution is -0.134. The Bertz CT molecular complexity index is 689. The SMILES string of the molecule is CCC(=O)Oc1cccc(C)c1COc1ccc(CC)cc1C. The first-order valence-corrected chi connectivity index (χ1v) is 8.06. The molecule has 0 heterocycles. The molecule has 0 aliphatic heterocycles. The summed E-state index contributed by atoms with van der Waals surface area (Å²) in [6.07, 6.45) is 1.36. The zero-order chi connectivity index (χ0) is 16.8. The zero-order valence-corrected chi connectivity index (χ0v) is 14.3. The minimum atomic E-state index is -0.236. The van der Waals surface area contributed by atoms with Crippen LogP contribution < -0.4 is 9.47 Å². The van der Waals surface area contributed by atoms with Crippen LogP contribution in [0.3, 0.4) is 0 Å². The van der Waals surface area contributed by atoms with Gasteiger partial charge < -0.3 is 9.47 Å². The molecule has 0 bridgehead atoms. The summed E-state index contributed by atoms with van der Waals surface area (Å²) < 4.78 is 11.4. The Kier molecular flexibility index (Phi) is 5.80. The fourth-order valence-corrected chi connectivity index (χ4v) is 2.39. The van der Waals surface area contributed by atoms with E-state index in [0.29, 0.717) is 18.8 Å². The lowest BCUT2D eigenvalue weighted by Gasteiger charge is -2.15. The van der Waals surface area contributed by atoms with E-state index in [4.69, 9.17) is 9.47 Å². The van der Waals surface area contributed by atoms with Crippen molar-refractivity contribution < 1.29 is 14.3 Å². The zero-order valence-electron chi connectivity index (χ0n) is 14.3. The van der Waals surface area contributed by atoms with Crippen LogP contribution in [0.4, 0.5) is 0 Å². The van der Waals surface area contributed by atoms with Crippen molar-refractivity contribution in [2.24, 2.45) is 0 Å². The number of benzene rings is 2. The van der Waals surface area contributed by atoms with Crippen LogP contribution in [0, 0.1) is 13.8 Å². The Hall–Kier alpha value is -2.29. The minimum absolute atomic E-state index is 0.236. The van der Waals surface area contributed by atoms with Crippen molar-refractivity contribution in [2.75, 3.05) is 0 Å². The molecule has 0 radical (unpaired) electrons. The Balaban J connectivity index is 2.18. The molecule has 3 nitrogen and oxygen atoms in total. The van der Waals surface area contributed by atoms with Gasteiger partial charge >= 0.3 is 5.97 Å². The highest BCUT2D eigenvalue weighted by molar-refractivity contribution is 5.72. The van der Waals surface area contributed by atoms with Crippen molar-refractivity contribution in [1.29, 1.82) is 0 Å². The topological polar surface area (TPSA) is 35.5 Å². The van der Waals surface area contributed by atoms with Gasteiger partial charge in [-0.1, -0.05) is 38.1 Å². The molecular formula is C20H24O3. The van der Waals surface area contributed by atoms with Crippen LogP contribution in [-0.4, -0.2) is 5.97 Å². The molecule has 0 saturated carbocycles. The molecule has 0 aromatic heterocycles. The molecule has 0 aliphatic rings. The summed E-state index contributed by atoms with van der Waals surface area (Å²) >= 11 is 0. The highest BCUT2D eigenvalue weighted by atomic mass is 16.5. The van der Waals surface area contributed by atoms with Crippen LogP contribution in [0.15, 0.2) is 36.4 Å². The maximum absolute atomic E-state index is 11.6. The van der Waals surface area contributed by atoms with Gasteiger partial charge in [-0.25, -0.2) is 0 Å². The van der Waals surface area contributed by atoms with Crippen molar-refractivity contribution in [2.45, 2.75) is 47.1 Å². The molecule has 122 valence electrons. The van der Waals surface area contributed by atoms with Crippen LogP contribution in [-0.2, 0) is 17.8 Å². The Morgan fingerprint density at radius 3 is 2.43 bits per heavy atom. The van der Waals surface area contributed by atoms with Gasteiger partial charge in [-0.05, 0) is 49.1 Å². The van der Waals surface area contributed by atoms with Gasteiger partial charge in [0.25, 0.3) is 0 Å². The quantitative estimate of drug-likeness (QED) is 0.570. The second kappa shape index (κ2) is 7.82. The predicted octanol–water partition coefficient (Wildman–Crippen LogP) is 4.76. The van der Waals surface area contributed by atoms with E-state index in [9.17, 15) is 4.79 Å². The van der Waals surface area contributed by atoms with Gasteiger partial charge in [0, 0.05) is 12.0 Å². The Labute approximate surface area is 138 Å². The molecule has 2 aromatic rings. The third kappa shape index (κ3) is 4.35. The van der Waals surface area contributed by atoms with Crippen molar-refractivity contribution in [1.82, 2.24) is 0 Å². The number of rotatable bonds is 6. The summed E-state index contributed by atoms with van der Waals surface area (Å²) in [6, 6.07) is 11.9. The fourth-order valence-electron chi connectivity index (χ4n) is 2.39. The van der Waals surface area contributed by atoms with Gasteiger partial charge in [0.15, 0.2) is 0 Å². The van der Waals surface area contributed by atoms with Crippen molar-refractivity contribution >= 4 is 5.97 Å². The van der Waals surface area contributed by atoms with E-state index in [1.807, 2.05) is 38.1 Å². The standard InChI is InChI=1S/C20H24O3/c1-5-16-10-11-18(15(4)12-16)22-13-17-14(3)8-7-9-19(17)23-20(21)6-2/h7-12H,5-6,13H2,1-4H3. The maximum atomic E-state index is 11.6. The van der Waals surface area contributed by atoms with Crippen molar-refractivity contribution in [3.63, 3.8) is 0 Å². The second-order valence-corrected chi connectivity index (χ2v) is 5.62. The van der Waals surface area contributed by atoms with Gasteiger partial charge in [0.2, 0.25) is 0 Å². The largest absolute Gasteiger partial charge is 0.488 e. The van der Waals surface area contributed by atoms with E-state index in [1.165, 1.54) is 5.56 Å². The van der Waals surface area contributed by atoms with Crippen LogP contribution >= 0.6 is 0 Å². The number of esters is 1. The van der Waals surface area contributed by atoms with Crippen LogP contribution in [0.1, 0.15) is 42.5 Å². The van der Waals surface area contributed by atoms with E-state index < -0.39 is 0 Å². The maximum Gasteiger partial charge on any atom is 0.310 e. The summed E-state index contributed by atoms with van der Waals surface area (Å²) in [5.74, 6) is 1.21. The first kappa shape index (κ1) is 17.1. The third-order valence-corrected chi connectivity index (χ3v) is 3.90. The van der Waals surface area contributed by atoms with E-state index in [0.717, 1.165) is 28.9 Å². The molecule has 2 aromatic carbocycles. The molecule has 0 N–H and O–H groups in total. The number of hydrogen-bond acceptors (Lipinski definition) is 3. The highest BCUT2D eigenvalue weighted by Gasteiger charge is 2.11. The van der Waals surface area contributed by atoms with Gasteiger partial charge in [-0.3, -0.25) is 4.79 Å². The molecule has 0 fully saturated rings. The number of aryl methyl sites for hydroxylation is 3. The average Bonchev–Trinajstić information content (AvgIpc) is 2.55. The van der Waals surface area contributed by atoms with Crippen molar-refractivity contribution in [3.8, 4) is 11.5 Å². The summed E-state index contributed by atoms with van der Waals surface area (Å²) in [7, 11) is 0. The summed E-state index contributed by atoms with van der Waals surface area (Å²) in [5.41, 5.74) is 4.37. The molecule has 23 heavy (non-hydrogen) atoms. The first-order chi connectivity index (χ1) is 11.0. The second-order valence-electron chi connectivity index (χ2n) is 5.62. The highest BCUT2D eigenvalue weighted by Crippen LogP contribution is 2.26. The Morgan fingerprint density at radius 2 is 1.78 bits per heavy atom. The first-order valence-electron chi connectivity index (χ1n) is 8.06. The normalized spacial score (nSPS) is 10.4. The number of ether oxygens (including phenoxy) is 2. The monoisotopic (exact) mass is 312 g/mol. The molecule has 0 amide bonds. The number of hydrogen-bond donors (Lipinski definition) is 0. The summed E-state index contributed by atoms with van der Waals surface area (Å²) in [5, 5.41) is 0. The van der Waals surface area contributed by atoms with Gasteiger partial charge in [0.05, 0.1) is 0 Å². The molecule has 0 unspecified atom stereocenters. The van der Waals surface area contributed by atoms with E-state index >= 15 is 0 Å². The van der Waals surface area contributed by atoms with Crippen LogP contribution in [0.5, 0.6) is 11.5 Å². The van der Waals surface area contributed by atoms with E-state index in [2.05, 4.69) is 19.1 Å². The molecule has 0 aliphatic carbocycles. The lowest BCUT2D eigenvalue weighted by Crippen LogP contribution is -2.09. The molecule has 0 spiro atoms. The van der Waals surface area contributed by atoms with Gasteiger partial charge in [-0.2, -0.15) is 0 Å². The fraction of sp³-hybridized carbons (Fsp3) is 0.350. The summed E-state index contributed by atoms with van der Waals surface area (Å²) in [6.45, 7) is 8.34. The third-order valence-electron chi connectivity index (χ3n) is 3.90. The smallest absolute Gasteiger partial charge is 0.310 e. The van der Waals surface area contributed by atoms with Crippen molar-refractivity contribution in [3.05, 3.63) is 58.7 Å².